The maximum absolute atomic E-state index is 5.40. The van der Waals surface area contributed by atoms with Crippen molar-refractivity contribution in [3.05, 3.63) is 30.1 Å². The first kappa shape index (κ1) is 12.1. The number of halogens is 1. The van der Waals surface area contributed by atoms with Crippen molar-refractivity contribution in [1.82, 2.24) is 4.98 Å². The van der Waals surface area contributed by atoms with Crippen molar-refractivity contribution in [2.24, 2.45) is 5.92 Å². The van der Waals surface area contributed by atoms with E-state index >= 15 is 0 Å². The molecule has 0 spiro atoms. The van der Waals surface area contributed by atoms with Crippen molar-refractivity contribution in [3.8, 4) is 0 Å². The van der Waals surface area contributed by atoms with E-state index in [1.165, 1.54) is 5.69 Å². The molecule has 3 heteroatoms. The fourth-order valence-corrected chi connectivity index (χ4v) is 3.05. The highest BCUT2D eigenvalue weighted by Gasteiger charge is 2.27. The van der Waals surface area contributed by atoms with Gasteiger partial charge in [0.05, 0.1) is 0 Å². The summed E-state index contributed by atoms with van der Waals surface area (Å²) in [6.45, 7) is 4.06. The lowest BCUT2D eigenvalue weighted by molar-refractivity contribution is 0.0645. The van der Waals surface area contributed by atoms with Gasteiger partial charge in [-0.3, -0.25) is 4.98 Å². The zero-order valence-electron chi connectivity index (χ0n) is 9.60. The van der Waals surface area contributed by atoms with Gasteiger partial charge >= 0.3 is 0 Å². The van der Waals surface area contributed by atoms with Gasteiger partial charge < -0.3 is 4.74 Å². The van der Waals surface area contributed by atoms with Gasteiger partial charge in [-0.2, -0.15) is 0 Å². The molecule has 0 aromatic carbocycles. The molecule has 0 bridgehead atoms. The molecule has 1 saturated heterocycles. The summed E-state index contributed by atoms with van der Waals surface area (Å²) < 4.78 is 5.40. The Labute approximate surface area is 106 Å². The molecule has 1 aromatic rings. The third-order valence-electron chi connectivity index (χ3n) is 3.35. The second kappa shape index (κ2) is 5.78. The molecule has 2 nitrogen and oxygen atoms in total. The predicted octanol–water partition coefficient (Wildman–Crippen LogP) is 3.38. The van der Waals surface area contributed by atoms with Crippen LogP contribution in [0.15, 0.2) is 24.4 Å². The van der Waals surface area contributed by atoms with E-state index in [2.05, 4.69) is 40.0 Å². The van der Waals surface area contributed by atoms with Crippen LogP contribution in [0.4, 0.5) is 0 Å². The number of nitrogens with zero attached hydrogens (tertiary/aromatic N) is 1. The van der Waals surface area contributed by atoms with Crippen LogP contribution in [0.25, 0.3) is 0 Å². The van der Waals surface area contributed by atoms with Crippen molar-refractivity contribution < 1.29 is 4.74 Å². The molecule has 1 aliphatic heterocycles. The second-order valence-corrected chi connectivity index (χ2v) is 5.49. The minimum atomic E-state index is 0.462. The Balaban J connectivity index is 2.00. The highest BCUT2D eigenvalue weighted by atomic mass is 79.9. The van der Waals surface area contributed by atoms with Crippen LogP contribution < -0.4 is 0 Å². The molecule has 88 valence electrons. The quantitative estimate of drug-likeness (QED) is 0.794. The standard InChI is InChI=1S/C13H18BrNO/c1-10(12-4-2-3-7-15-12)13(14)11-5-8-16-9-6-11/h2-4,7,10-11,13H,5-6,8-9H2,1H3. The van der Waals surface area contributed by atoms with E-state index in [0.29, 0.717) is 16.7 Å². The number of pyridine rings is 1. The van der Waals surface area contributed by atoms with Gasteiger partial charge in [-0.15, -0.1) is 0 Å². The molecule has 1 aromatic heterocycles. The summed E-state index contributed by atoms with van der Waals surface area (Å²) in [5, 5.41) is 0. The monoisotopic (exact) mass is 283 g/mol. The zero-order chi connectivity index (χ0) is 11.4. The molecule has 0 N–H and O–H groups in total. The summed E-state index contributed by atoms with van der Waals surface area (Å²) in [5.41, 5.74) is 1.18. The molecule has 0 aliphatic carbocycles. The van der Waals surface area contributed by atoms with E-state index in [0.717, 1.165) is 26.1 Å². The first-order valence-corrected chi connectivity index (χ1v) is 6.83. The number of ether oxygens (including phenoxy) is 1. The smallest absolute Gasteiger partial charge is 0.0469 e. The Morgan fingerprint density at radius 2 is 2.12 bits per heavy atom. The molecular weight excluding hydrogens is 266 g/mol. The molecule has 0 amide bonds. The van der Waals surface area contributed by atoms with Crippen LogP contribution in [0, 0.1) is 5.92 Å². The second-order valence-electron chi connectivity index (χ2n) is 4.44. The maximum Gasteiger partial charge on any atom is 0.0469 e. The van der Waals surface area contributed by atoms with Gasteiger partial charge in [-0.05, 0) is 30.9 Å². The van der Waals surface area contributed by atoms with Crippen molar-refractivity contribution in [2.45, 2.75) is 30.5 Å². The van der Waals surface area contributed by atoms with Crippen molar-refractivity contribution in [1.29, 1.82) is 0 Å². The molecule has 1 aliphatic rings. The van der Waals surface area contributed by atoms with E-state index < -0.39 is 0 Å². The van der Waals surface area contributed by atoms with Crippen LogP contribution in [0.5, 0.6) is 0 Å². The highest BCUT2D eigenvalue weighted by Crippen LogP contribution is 2.33. The van der Waals surface area contributed by atoms with E-state index in [4.69, 9.17) is 4.74 Å². The van der Waals surface area contributed by atoms with Crippen LogP contribution in [-0.4, -0.2) is 23.0 Å². The Morgan fingerprint density at radius 1 is 1.38 bits per heavy atom. The van der Waals surface area contributed by atoms with Gasteiger partial charge in [0.15, 0.2) is 0 Å². The minimum Gasteiger partial charge on any atom is -0.381 e. The fourth-order valence-electron chi connectivity index (χ4n) is 2.25. The summed E-state index contributed by atoms with van der Waals surface area (Å²) in [5.74, 6) is 1.18. The lowest BCUT2D eigenvalue weighted by Crippen LogP contribution is -2.27. The average molecular weight is 284 g/mol. The molecular formula is C13H18BrNO. The molecule has 2 atom stereocenters. The topological polar surface area (TPSA) is 22.1 Å². The number of hydrogen-bond acceptors (Lipinski definition) is 2. The van der Waals surface area contributed by atoms with Crippen molar-refractivity contribution in [3.63, 3.8) is 0 Å². The van der Waals surface area contributed by atoms with Gasteiger partial charge in [-0.1, -0.05) is 28.9 Å². The lowest BCUT2D eigenvalue weighted by atomic mass is 9.88. The minimum absolute atomic E-state index is 0.462. The summed E-state index contributed by atoms with van der Waals surface area (Å²) in [7, 11) is 0. The molecule has 0 radical (unpaired) electrons. The van der Waals surface area contributed by atoms with Gasteiger partial charge in [0.2, 0.25) is 0 Å². The van der Waals surface area contributed by atoms with Crippen molar-refractivity contribution >= 4 is 15.9 Å². The van der Waals surface area contributed by atoms with Gasteiger partial charge in [0.25, 0.3) is 0 Å². The Kier molecular flexibility index (Phi) is 4.36. The highest BCUT2D eigenvalue weighted by molar-refractivity contribution is 9.09. The zero-order valence-corrected chi connectivity index (χ0v) is 11.2. The van der Waals surface area contributed by atoms with Crippen LogP contribution in [0.1, 0.15) is 31.4 Å². The lowest BCUT2D eigenvalue weighted by Gasteiger charge is -2.30. The molecule has 16 heavy (non-hydrogen) atoms. The summed E-state index contributed by atoms with van der Waals surface area (Å²) in [6.07, 6.45) is 4.19. The largest absolute Gasteiger partial charge is 0.381 e. The number of rotatable bonds is 3. The Bertz CT molecular complexity index is 311. The molecule has 2 heterocycles. The van der Waals surface area contributed by atoms with E-state index in [1.807, 2.05) is 12.3 Å². The number of alkyl halides is 1. The van der Waals surface area contributed by atoms with Gasteiger partial charge in [0, 0.05) is 35.8 Å². The summed E-state index contributed by atoms with van der Waals surface area (Å²) >= 11 is 3.85. The first-order chi connectivity index (χ1) is 7.79. The third kappa shape index (κ3) is 2.83. The van der Waals surface area contributed by atoms with Gasteiger partial charge in [0.1, 0.15) is 0 Å². The normalized spacial score (nSPS) is 21.6. The Morgan fingerprint density at radius 3 is 2.75 bits per heavy atom. The van der Waals surface area contributed by atoms with Crippen LogP contribution in [0.3, 0.4) is 0 Å². The first-order valence-electron chi connectivity index (χ1n) is 5.92. The number of hydrogen-bond donors (Lipinski definition) is 0. The number of aromatic nitrogens is 1. The SMILES string of the molecule is CC(c1ccccn1)C(Br)C1CCOCC1. The average Bonchev–Trinajstić information content (AvgIpc) is 2.39. The summed E-state index contributed by atoms with van der Waals surface area (Å²) in [6, 6.07) is 6.13. The molecule has 2 rings (SSSR count). The van der Waals surface area contributed by atoms with Crippen LogP contribution in [0.2, 0.25) is 0 Å². The van der Waals surface area contributed by atoms with Crippen LogP contribution >= 0.6 is 15.9 Å². The summed E-state index contributed by atoms with van der Waals surface area (Å²) in [4.78, 5) is 4.94. The third-order valence-corrected chi connectivity index (χ3v) is 4.89. The Hall–Kier alpha value is -0.410. The molecule has 2 unspecified atom stereocenters. The van der Waals surface area contributed by atoms with Crippen molar-refractivity contribution in [2.75, 3.05) is 13.2 Å². The maximum atomic E-state index is 5.40. The van der Waals surface area contributed by atoms with E-state index in [1.54, 1.807) is 0 Å². The fraction of sp³-hybridized carbons (Fsp3) is 0.615. The predicted molar refractivity (Wildman–Crippen MR) is 68.9 cm³/mol. The van der Waals surface area contributed by atoms with Gasteiger partial charge in [-0.25, -0.2) is 0 Å². The van der Waals surface area contributed by atoms with E-state index in [9.17, 15) is 0 Å². The molecule has 1 fully saturated rings. The van der Waals surface area contributed by atoms with E-state index in [-0.39, 0.29) is 0 Å². The molecule has 0 saturated carbocycles. The van der Waals surface area contributed by atoms with Crippen LogP contribution in [-0.2, 0) is 4.74 Å².